The fourth-order valence-corrected chi connectivity index (χ4v) is 2.81. The molecule has 1 fully saturated rings. The predicted molar refractivity (Wildman–Crippen MR) is 70.8 cm³/mol. The van der Waals surface area contributed by atoms with E-state index in [1.54, 1.807) is 0 Å². The SMILES string of the molecule is CC(C)CCSCCC(=O)N1CCNCC1. The summed E-state index contributed by atoms with van der Waals surface area (Å²) in [6.45, 7) is 8.16. The zero-order valence-electron chi connectivity index (χ0n) is 10.5. The summed E-state index contributed by atoms with van der Waals surface area (Å²) in [5.41, 5.74) is 0. The summed E-state index contributed by atoms with van der Waals surface area (Å²) in [5.74, 6) is 3.28. The zero-order valence-corrected chi connectivity index (χ0v) is 11.3. The van der Waals surface area contributed by atoms with Crippen molar-refractivity contribution in [1.29, 1.82) is 0 Å². The molecule has 0 aromatic carbocycles. The molecular weight excluding hydrogens is 220 g/mol. The molecule has 1 N–H and O–H groups in total. The Morgan fingerprint density at radius 2 is 2.00 bits per heavy atom. The second-order valence-corrected chi connectivity index (χ2v) is 5.90. The lowest BCUT2D eigenvalue weighted by Gasteiger charge is -2.27. The smallest absolute Gasteiger partial charge is 0.223 e. The molecule has 0 aromatic heterocycles. The Bertz CT molecular complexity index is 203. The van der Waals surface area contributed by atoms with E-state index in [1.165, 1.54) is 12.2 Å². The molecule has 1 amide bonds. The van der Waals surface area contributed by atoms with Gasteiger partial charge in [0.15, 0.2) is 0 Å². The van der Waals surface area contributed by atoms with E-state index < -0.39 is 0 Å². The molecular formula is C12H24N2OS. The van der Waals surface area contributed by atoms with Gasteiger partial charge in [0.2, 0.25) is 5.91 Å². The maximum atomic E-state index is 11.8. The average Bonchev–Trinajstić information content (AvgIpc) is 2.29. The van der Waals surface area contributed by atoms with Gasteiger partial charge >= 0.3 is 0 Å². The van der Waals surface area contributed by atoms with Crippen molar-refractivity contribution in [2.45, 2.75) is 26.7 Å². The van der Waals surface area contributed by atoms with Crippen LogP contribution in [0.5, 0.6) is 0 Å². The van der Waals surface area contributed by atoms with Crippen LogP contribution >= 0.6 is 11.8 Å². The van der Waals surface area contributed by atoms with E-state index in [0.717, 1.165) is 37.8 Å². The van der Waals surface area contributed by atoms with Crippen molar-refractivity contribution in [3.8, 4) is 0 Å². The number of piperazine rings is 1. The maximum Gasteiger partial charge on any atom is 0.223 e. The molecule has 1 aliphatic heterocycles. The second kappa shape index (κ2) is 7.96. The van der Waals surface area contributed by atoms with Crippen LogP contribution in [0.3, 0.4) is 0 Å². The molecule has 16 heavy (non-hydrogen) atoms. The lowest BCUT2D eigenvalue weighted by atomic mass is 10.2. The van der Waals surface area contributed by atoms with Gasteiger partial charge in [-0.05, 0) is 18.1 Å². The molecule has 1 aliphatic rings. The van der Waals surface area contributed by atoms with Gasteiger partial charge in [0, 0.05) is 38.4 Å². The second-order valence-electron chi connectivity index (χ2n) is 4.68. The minimum Gasteiger partial charge on any atom is -0.340 e. The molecule has 0 aromatic rings. The molecule has 3 nitrogen and oxygen atoms in total. The van der Waals surface area contributed by atoms with Crippen molar-refractivity contribution in [2.24, 2.45) is 5.92 Å². The summed E-state index contributed by atoms with van der Waals surface area (Å²) in [5, 5.41) is 3.26. The van der Waals surface area contributed by atoms with Gasteiger partial charge in [0.25, 0.3) is 0 Å². The van der Waals surface area contributed by atoms with E-state index in [4.69, 9.17) is 0 Å². The standard InChI is InChI=1S/C12H24N2OS/c1-11(2)3-9-16-10-4-12(15)14-7-5-13-6-8-14/h11,13H,3-10H2,1-2H3. The Hall–Kier alpha value is -0.220. The van der Waals surface area contributed by atoms with Crippen LogP contribution in [0.2, 0.25) is 0 Å². The first-order valence-corrected chi connectivity index (χ1v) is 7.42. The van der Waals surface area contributed by atoms with Crippen LogP contribution in [0, 0.1) is 5.92 Å². The van der Waals surface area contributed by atoms with Crippen molar-refractivity contribution in [3.05, 3.63) is 0 Å². The first-order chi connectivity index (χ1) is 7.70. The Labute approximate surface area is 103 Å². The zero-order chi connectivity index (χ0) is 11.8. The molecule has 0 unspecified atom stereocenters. The molecule has 0 radical (unpaired) electrons. The number of nitrogens with one attached hydrogen (secondary N) is 1. The van der Waals surface area contributed by atoms with Gasteiger partial charge in [-0.15, -0.1) is 0 Å². The molecule has 1 heterocycles. The Kier molecular flexibility index (Phi) is 6.88. The summed E-state index contributed by atoms with van der Waals surface area (Å²) in [6.07, 6.45) is 1.97. The van der Waals surface area contributed by atoms with Crippen LogP contribution in [0.4, 0.5) is 0 Å². The van der Waals surface area contributed by atoms with Crippen LogP contribution in [0.1, 0.15) is 26.7 Å². The average molecular weight is 244 g/mol. The van der Waals surface area contributed by atoms with Gasteiger partial charge in [0.05, 0.1) is 0 Å². The third-order valence-corrected chi connectivity index (χ3v) is 3.79. The van der Waals surface area contributed by atoms with E-state index >= 15 is 0 Å². The predicted octanol–water partition coefficient (Wildman–Crippen LogP) is 1.59. The lowest BCUT2D eigenvalue weighted by Crippen LogP contribution is -2.46. The molecule has 1 rings (SSSR count). The van der Waals surface area contributed by atoms with E-state index in [0.29, 0.717) is 12.3 Å². The number of amides is 1. The minimum atomic E-state index is 0.332. The summed E-state index contributed by atoms with van der Waals surface area (Å²) in [7, 11) is 0. The van der Waals surface area contributed by atoms with E-state index in [2.05, 4.69) is 19.2 Å². The summed E-state index contributed by atoms with van der Waals surface area (Å²) in [6, 6.07) is 0. The molecule has 0 bridgehead atoms. The topological polar surface area (TPSA) is 32.3 Å². The number of carbonyl (C=O) groups is 1. The monoisotopic (exact) mass is 244 g/mol. The number of hydrogen-bond acceptors (Lipinski definition) is 3. The van der Waals surface area contributed by atoms with Crippen molar-refractivity contribution in [3.63, 3.8) is 0 Å². The van der Waals surface area contributed by atoms with Crippen LogP contribution in [0.15, 0.2) is 0 Å². The van der Waals surface area contributed by atoms with Gasteiger partial charge in [0.1, 0.15) is 0 Å². The van der Waals surface area contributed by atoms with Crippen LogP contribution in [-0.2, 0) is 4.79 Å². The largest absolute Gasteiger partial charge is 0.340 e. The Balaban J connectivity index is 2.01. The van der Waals surface area contributed by atoms with Gasteiger partial charge in [-0.25, -0.2) is 0 Å². The number of nitrogens with zero attached hydrogens (tertiary/aromatic N) is 1. The van der Waals surface area contributed by atoms with E-state index in [9.17, 15) is 4.79 Å². The van der Waals surface area contributed by atoms with Gasteiger partial charge in [-0.2, -0.15) is 11.8 Å². The quantitative estimate of drug-likeness (QED) is 0.720. The number of rotatable bonds is 6. The fourth-order valence-electron chi connectivity index (χ4n) is 1.65. The summed E-state index contributed by atoms with van der Waals surface area (Å²) in [4.78, 5) is 13.8. The van der Waals surface area contributed by atoms with Crippen molar-refractivity contribution in [2.75, 3.05) is 37.7 Å². The molecule has 0 aliphatic carbocycles. The summed E-state index contributed by atoms with van der Waals surface area (Å²) >= 11 is 1.91. The highest BCUT2D eigenvalue weighted by molar-refractivity contribution is 7.99. The molecule has 0 spiro atoms. The van der Waals surface area contributed by atoms with E-state index in [1.807, 2.05) is 16.7 Å². The molecule has 94 valence electrons. The van der Waals surface area contributed by atoms with Gasteiger partial charge in [-0.1, -0.05) is 13.8 Å². The maximum absolute atomic E-state index is 11.8. The van der Waals surface area contributed by atoms with Crippen molar-refractivity contribution < 1.29 is 4.79 Å². The fraction of sp³-hybridized carbons (Fsp3) is 0.917. The highest BCUT2D eigenvalue weighted by Crippen LogP contribution is 2.10. The molecule has 0 saturated carbocycles. The van der Waals surface area contributed by atoms with Crippen molar-refractivity contribution in [1.82, 2.24) is 10.2 Å². The van der Waals surface area contributed by atoms with Crippen LogP contribution < -0.4 is 5.32 Å². The third-order valence-electron chi connectivity index (χ3n) is 2.77. The van der Waals surface area contributed by atoms with Crippen molar-refractivity contribution >= 4 is 17.7 Å². The Morgan fingerprint density at radius 3 is 2.62 bits per heavy atom. The highest BCUT2D eigenvalue weighted by atomic mass is 32.2. The lowest BCUT2D eigenvalue weighted by molar-refractivity contribution is -0.131. The first kappa shape index (κ1) is 13.8. The normalized spacial score (nSPS) is 16.8. The molecule has 4 heteroatoms. The number of carbonyl (C=O) groups excluding carboxylic acids is 1. The van der Waals surface area contributed by atoms with Gasteiger partial charge < -0.3 is 10.2 Å². The minimum absolute atomic E-state index is 0.332. The van der Waals surface area contributed by atoms with Gasteiger partial charge in [-0.3, -0.25) is 4.79 Å². The third kappa shape index (κ3) is 5.75. The Morgan fingerprint density at radius 1 is 1.31 bits per heavy atom. The molecule has 0 atom stereocenters. The van der Waals surface area contributed by atoms with E-state index in [-0.39, 0.29) is 0 Å². The number of thioether (sulfide) groups is 1. The summed E-state index contributed by atoms with van der Waals surface area (Å²) < 4.78 is 0. The highest BCUT2D eigenvalue weighted by Gasteiger charge is 2.15. The van der Waals surface area contributed by atoms with Crippen LogP contribution in [0.25, 0.3) is 0 Å². The molecule has 1 saturated heterocycles. The first-order valence-electron chi connectivity index (χ1n) is 6.26. The van der Waals surface area contributed by atoms with Crippen LogP contribution in [-0.4, -0.2) is 48.5 Å². The number of hydrogen-bond donors (Lipinski definition) is 1.